The van der Waals surface area contributed by atoms with Crippen molar-refractivity contribution in [3.8, 4) is 0 Å². The fourth-order valence-corrected chi connectivity index (χ4v) is 1.83. The van der Waals surface area contributed by atoms with Crippen molar-refractivity contribution in [1.82, 2.24) is 15.4 Å². The first-order valence-electron chi connectivity index (χ1n) is 5.66. The Morgan fingerprint density at radius 1 is 1.60 bits per heavy atom. The largest absolute Gasteiger partial charge is 0.360 e. The first-order chi connectivity index (χ1) is 7.33. The minimum absolute atomic E-state index is 0.777. The molecule has 0 aromatic carbocycles. The van der Waals surface area contributed by atoms with Crippen molar-refractivity contribution in [1.29, 1.82) is 0 Å². The number of hydrogen-bond donors (Lipinski definition) is 1. The van der Waals surface area contributed by atoms with Gasteiger partial charge in [0.15, 0.2) is 5.76 Å². The molecule has 0 amide bonds. The van der Waals surface area contributed by atoms with Crippen molar-refractivity contribution in [3.63, 3.8) is 0 Å². The van der Waals surface area contributed by atoms with Crippen molar-refractivity contribution >= 4 is 0 Å². The van der Waals surface area contributed by atoms with Crippen molar-refractivity contribution in [2.24, 2.45) is 0 Å². The predicted octanol–water partition coefficient (Wildman–Crippen LogP) is 1.38. The number of aromatic nitrogens is 1. The minimum atomic E-state index is 0.777. The van der Waals surface area contributed by atoms with Crippen LogP contribution in [0.15, 0.2) is 10.6 Å². The Kier molecular flexibility index (Phi) is 3.38. The highest BCUT2D eigenvalue weighted by atomic mass is 16.5. The second-order valence-corrected chi connectivity index (χ2v) is 4.11. The summed E-state index contributed by atoms with van der Waals surface area (Å²) in [6.45, 7) is 4.97. The molecule has 1 aromatic heterocycles. The number of hydrogen-bond acceptors (Lipinski definition) is 4. The zero-order chi connectivity index (χ0) is 10.7. The molecule has 0 saturated heterocycles. The summed E-state index contributed by atoms with van der Waals surface area (Å²) in [4.78, 5) is 2.45. The second kappa shape index (κ2) is 4.77. The van der Waals surface area contributed by atoms with E-state index in [2.05, 4.69) is 22.3 Å². The quantitative estimate of drug-likeness (QED) is 0.768. The van der Waals surface area contributed by atoms with Crippen molar-refractivity contribution in [2.45, 2.75) is 38.9 Å². The molecule has 84 valence electrons. The van der Waals surface area contributed by atoms with Gasteiger partial charge in [-0.2, -0.15) is 0 Å². The van der Waals surface area contributed by atoms with Crippen LogP contribution < -0.4 is 5.32 Å². The van der Waals surface area contributed by atoms with Crippen LogP contribution in [0.1, 0.15) is 31.2 Å². The first kappa shape index (κ1) is 10.6. The Labute approximate surface area is 90.6 Å². The molecule has 1 fully saturated rings. The fourth-order valence-electron chi connectivity index (χ4n) is 1.83. The molecule has 0 bridgehead atoms. The van der Waals surface area contributed by atoms with E-state index >= 15 is 0 Å². The molecule has 0 atom stereocenters. The Morgan fingerprint density at radius 3 is 3.00 bits per heavy atom. The summed E-state index contributed by atoms with van der Waals surface area (Å²) < 4.78 is 5.30. The van der Waals surface area contributed by atoms with Gasteiger partial charge in [0.25, 0.3) is 0 Å². The van der Waals surface area contributed by atoms with Gasteiger partial charge in [-0.15, -0.1) is 0 Å². The third-order valence-corrected chi connectivity index (χ3v) is 2.79. The first-order valence-corrected chi connectivity index (χ1v) is 5.66. The maximum absolute atomic E-state index is 5.30. The molecule has 4 nitrogen and oxygen atoms in total. The van der Waals surface area contributed by atoms with Gasteiger partial charge in [0.1, 0.15) is 0 Å². The summed E-state index contributed by atoms with van der Waals surface area (Å²) in [6.07, 6.45) is 2.68. The normalized spacial score (nSPS) is 16.2. The Morgan fingerprint density at radius 2 is 2.40 bits per heavy atom. The van der Waals surface area contributed by atoms with Gasteiger partial charge in [-0.25, -0.2) is 0 Å². The van der Waals surface area contributed by atoms with Crippen molar-refractivity contribution < 1.29 is 4.52 Å². The molecule has 1 aromatic rings. The summed E-state index contributed by atoms with van der Waals surface area (Å²) in [5.41, 5.74) is 0.986. The lowest BCUT2D eigenvalue weighted by Gasteiger charge is -2.17. The van der Waals surface area contributed by atoms with E-state index < -0.39 is 0 Å². The zero-order valence-corrected chi connectivity index (χ0v) is 9.49. The van der Waals surface area contributed by atoms with Crippen molar-refractivity contribution in [3.05, 3.63) is 17.5 Å². The third-order valence-electron chi connectivity index (χ3n) is 2.79. The Bertz CT molecular complexity index is 307. The van der Waals surface area contributed by atoms with Gasteiger partial charge in [-0.3, -0.25) is 4.90 Å². The van der Waals surface area contributed by atoms with Crippen LogP contribution in [0, 0.1) is 0 Å². The molecule has 15 heavy (non-hydrogen) atoms. The van der Waals surface area contributed by atoms with Crippen LogP contribution >= 0.6 is 0 Å². The average molecular weight is 209 g/mol. The Balaban J connectivity index is 1.90. The van der Waals surface area contributed by atoms with Crippen LogP contribution in [0.3, 0.4) is 0 Å². The zero-order valence-electron chi connectivity index (χ0n) is 9.49. The number of nitrogens with zero attached hydrogens (tertiary/aromatic N) is 2. The van der Waals surface area contributed by atoms with Gasteiger partial charge in [0.05, 0.1) is 12.2 Å². The van der Waals surface area contributed by atoms with E-state index in [1.807, 2.05) is 13.1 Å². The summed E-state index contributed by atoms with van der Waals surface area (Å²) >= 11 is 0. The highest BCUT2D eigenvalue weighted by Gasteiger charge is 2.28. The van der Waals surface area contributed by atoms with E-state index in [1.165, 1.54) is 12.8 Å². The predicted molar refractivity (Wildman–Crippen MR) is 58.4 cm³/mol. The van der Waals surface area contributed by atoms with E-state index in [4.69, 9.17) is 4.52 Å². The summed E-state index contributed by atoms with van der Waals surface area (Å²) in [5.74, 6) is 0.981. The number of nitrogens with one attached hydrogen (secondary N) is 1. The molecule has 4 heteroatoms. The third kappa shape index (κ3) is 2.79. The van der Waals surface area contributed by atoms with Crippen LogP contribution in [-0.4, -0.2) is 29.7 Å². The molecule has 1 N–H and O–H groups in total. The smallest absolute Gasteiger partial charge is 0.151 e. The highest BCUT2D eigenvalue weighted by molar-refractivity contribution is 5.05. The molecule has 0 spiro atoms. The molecular weight excluding hydrogens is 190 g/mol. The molecule has 0 radical (unpaired) electrons. The maximum Gasteiger partial charge on any atom is 0.151 e. The van der Waals surface area contributed by atoms with Gasteiger partial charge >= 0.3 is 0 Å². The molecule has 2 rings (SSSR count). The van der Waals surface area contributed by atoms with E-state index in [-0.39, 0.29) is 0 Å². The van der Waals surface area contributed by atoms with Gasteiger partial charge in [-0.1, -0.05) is 12.1 Å². The second-order valence-electron chi connectivity index (χ2n) is 4.11. The molecule has 1 saturated carbocycles. The van der Waals surface area contributed by atoms with Gasteiger partial charge in [-0.05, 0) is 26.4 Å². The maximum atomic E-state index is 5.30. The molecular formula is C11H19N3O. The van der Waals surface area contributed by atoms with Gasteiger partial charge in [0.2, 0.25) is 0 Å². The van der Waals surface area contributed by atoms with E-state index in [0.29, 0.717) is 0 Å². The lowest BCUT2D eigenvalue weighted by molar-refractivity contribution is 0.232. The standard InChI is InChI=1S/C11H19N3O/c1-3-14(10-4-5-10)8-11-6-9(7-12-2)13-15-11/h6,10,12H,3-5,7-8H2,1-2H3. The lowest BCUT2D eigenvalue weighted by atomic mass is 10.3. The highest BCUT2D eigenvalue weighted by Crippen LogP contribution is 2.27. The van der Waals surface area contributed by atoms with Gasteiger partial charge in [0, 0.05) is 18.7 Å². The van der Waals surface area contributed by atoms with Gasteiger partial charge < -0.3 is 9.84 Å². The van der Waals surface area contributed by atoms with Crippen LogP contribution in [0.5, 0.6) is 0 Å². The molecule has 1 aliphatic carbocycles. The number of rotatable bonds is 6. The summed E-state index contributed by atoms with van der Waals surface area (Å²) in [7, 11) is 1.91. The molecule has 0 unspecified atom stereocenters. The molecule has 0 aliphatic heterocycles. The van der Waals surface area contributed by atoms with Crippen LogP contribution in [0.25, 0.3) is 0 Å². The minimum Gasteiger partial charge on any atom is -0.360 e. The van der Waals surface area contributed by atoms with Crippen LogP contribution in [0.2, 0.25) is 0 Å². The average Bonchev–Trinajstić information content (AvgIpc) is 2.98. The van der Waals surface area contributed by atoms with E-state index in [1.54, 1.807) is 0 Å². The molecule has 1 heterocycles. The van der Waals surface area contributed by atoms with Crippen LogP contribution in [-0.2, 0) is 13.1 Å². The summed E-state index contributed by atoms with van der Waals surface area (Å²) in [5, 5.41) is 7.07. The lowest BCUT2D eigenvalue weighted by Crippen LogP contribution is -2.24. The SMILES string of the molecule is CCN(Cc1cc(CNC)no1)C1CC1. The Hall–Kier alpha value is -0.870. The van der Waals surface area contributed by atoms with Crippen molar-refractivity contribution in [2.75, 3.05) is 13.6 Å². The van der Waals surface area contributed by atoms with E-state index in [0.717, 1.165) is 37.1 Å². The topological polar surface area (TPSA) is 41.3 Å². The monoisotopic (exact) mass is 209 g/mol. The molecule has 1 aliphatic rings. The summed E-state index contributed by atoms with van der Waals surface area (Å²) in [6, 6.07) is 2.83. The fraction of sp³-hybridized carbons (Fsp3) is 0.727. The van der Waals surface area contributed by atoms with E-state index in [9.17, 15) is 0 Å². The van der Waals surface area contributed by atoms with Crippen LogP contribution in [0.4, 0.5) is 0 Å².